The molecule has 2 aliphatic heterocycles. The van der Waals surface area contributed by atoms with Gasteiger partial charge in [0.05, 0.1) is 55.0 Å². The summed E-state index contributed by atoms with van der Waals surface area (Å²) in [6.45, 7) is 4.82. The number of likely N-dealkylation sites (tertiary alicyclic amines) is 2. The van der Waals surface area contributed by atoms with Crippen molar-refractivity contribution in [2.75, 3.05) is 27.2 Å². The van der Waals surface area contributed by atoms with Gasteiger partial charge in [-0.1, -0.05) is 62.4 Å². The summed E-state index contributed by atoms with van der Waals surface area (Å²) < 4.78 is 6.61. The van der Waals surface area contributed by atoms with Crippen LogP contribution in [0.5, 0.6) is 0 Å². The number of amides is 4. The molecule has 2 aliphatic rings. The Kier molecular flexibility index (Phi) is 11.6. The normalized spacial score (nSPS) is 17.7. The zero-order valence-corrected chi connectivity index (χ0v) is 33.4. The van der Waals surface area contributed by atoms with Gasteiger partial charge < -0.3 is 39.5 Å². The summed E-state index contributed by atoms with van der Waals surface area (Å²) in [5.41, 5.74) is 6.34. The number of aryl methyl sites for hydroxylation is 1. The van der Waals surface area contributed by atoms with Crippen LogP contribution in [0.25, 0.3) is 33.6 Å². The van der Waals surface area contributed by atoms with Crippen LogP contribution in [0.4, 0.5) is 9.59 Å². The molecular formula is C42H50N10O6. The van der Waals surface area contributed by atoms with E-state index in [0.717, 1.165) is 64.2 Å². The number of carboxylic acid groups (broad SMARTS) is 1. The molecule has 7 rings (SSSR count). The molecule has 4 N–H and O–H groups in total. The Morgan fingerprint density at radius 1 is 0.828 bits per heavy atom. The second kappa shape index (κ2) is 17.0. The third-order valence-electron chi connectivity index (χ3n) is 11.2. The highest BCUT2D eigenvalue weighted by molar-refractivity contribution is 5.87. The fourth-order valence-electron chi connectivity index (χ4n) is 8.19. The van der Waals surface area contributed by atoms with Gasteiger partial charge in [-0.25, -0.2) is 24.5 Å². The van der Waals surface area contributed by atoms with Crippen LogP contribution in [-0.4, -0.2) is 113 Å². The van der Waals surface area contributed by atoms with E-state index in [1.54, 1.807) is 33.1 Å². The van der Waals surface area contributed by atoms with E-state index in [4.69, 9.17) is 4.74 Å². The first-order chi connectivity index (χ1) is 27.9. The standard InChI is InChI=1S/C42H50N10O6/c1-25(2)36(50(4)42(56)57)40(54)52-19-7-9-35(52)38-44-22-33(47-38)29-16-12-27(13-17-29)26-10-14-28(15-11-26)32-21-43-37(46-32)34-8-6-18-51(34)39(53)31(48-41(55)58-5)20-30-23-49(3)24-45-30/h10-17,21-25,31,34-36H,6-9,18-20H2,1-5H3,(H,43,46)(H,44,47)(H,48,55)(H,56,57)/t31-,34-,35-,36-/m0/s1. The van der Waals surface area contributed by atoms with Gasteiger partial charge in [-0.15, -0.1) is 0 Å². The molecule has 2 fully saturated rings. The van der Waals surface area contributed by atoms with Crippen molar-refractivity contribution in [2.45, 2.75) is 70.1 Å². The molecule has 16 nitrogen and oxygen atoms in total. The molecule has 0 saturated carbocycles. The molecule has 0 bridgehead atoms. The lowest BCUT2D eigenvalue weighted by molar-refractivity contribution is -0.138. The number of alkyl carbamates (subject to hydrolysis) is 1. The molecule has 5 aromatic rings. The monoisotopic (exact) mass is 790 g/mol. The Balaban J connectivity index is 1.00. The van der Waals surface area contributed by atoms with E-state index in [9.17, 15) is 24.3 Å². The van der Waals surface area contributed by atoms with Crippen LogP contribution in [0.15, 0.2) is 73.4 Å². The van der Waals surface area contributed by atoms with Crippen molar-refractivity contribution in [3.8, 4) is 33.6 Å². The highest BCUT2D eigenvalue weighted by Crippen LogP contribution is 2.35. The fraction of sp³-hybridized carbons (Fsp3) is 0.405. The average molecular weight is 791 g/mol. The first-order valence-electron chi connectivity index (χ1n) is 19.6. The Labute approximate surface area is 336 Å². The number of ether oxygens (including phenoxy) is 1. The summed E-state index contributed by atoms with van der Waals surface area (Å²) in [6.07, 6.45) is 8.59. The predicted molar refractivity (Wildman–Crippen MR) is 215 cm³/mol. The van der Waals surface area contributed by atoms with Gasteiger partial charge in [0, 0.05) is 39.8 Å². The maximum Gasteiger partial charge on any atom is 0.407 e. The van der Waals surface area contributed by atoms with Crippen molar-refractivity contribution in [2.24, 2.45) is 13.0 Å². The molecule has 0 aliphatic carbocycles. The Hall–Kier alpha value is -6.45. The second-order valence-electron chi connectivity index (χ2n) is 15.4. The van der Waals surface area contributed by atoms with Crippen LogP contribution in [0.2, 0.25) is 0 Å². The molecule has 3 aromatic heterocycles. The minimum atomic E-state index is -1.13. The summed E-state index contributed by atoms with van der Waals surface area (Å²) in [6, 6.07) is 14.2. The number of nitrogens with one attached hydrogen (secondary N) is 3. The predicted octanol–water partition coefficient (Wildman–Crippen LogP) is 5.80. The summed E-state index contributed by atoms with van der Waals surface area (Å²) in [5, 5.41) is 12.3. The van der Waals surface area contributed by atoms with E-state index in [1.165, 1.54) is 14.2 Å². The van der Waals surface area contributed by atoms with Gasteiger partial charge in [0.1, 0.15) is 23.7 Å². The number of rotatable bonds is 12. The number of hydrogen-bond acceptors (Lipinski definition) is 8. The zero-order valence-electron chi connectivity index (χ0n) is 33.4. The van der Waals surface area contributed by atoms with Crippen molar-refractivity contribution in [1.29, 1.82) is 0 Å². The highest BCUT2D eigenvalue weighted by atomic mass is 16.5. The molecule has 2 aromatic carbocycles. The first-order valence-corrected chi connectivity index (χ1v) is 19.6. The fourth-order valence-corrected chi connectivity index (χ4v) is 8.19. The van der Waals surface area contributed by atoms with Gasteiger partial charge in [-0.2, -0.15) is 0 Å². The third kappa shape index (κ3) is 8.31. The minimum absolute atomic E-state index is 0.177. The molecule has 16 heteroatoms. The maximum absolute atomic E-state index is 13.9. The average Bonchev–Trinajstić information content (AvgIpc) is 4.07. The van der Waals surface area contributed by atoms with Crippen molar-refractivity contribution in [1.82, 2.24) is 49.5 Å². The number of aromatic nitrogens is 6. The summed E-state index contributed by atoms with van der Waals surface area (Å²) >= 11 is 0. The topological polar surface area (TPSA) is 195 Å². The highest BCUT2D eigenvalue weighted by Gasteiger charge is 2.40. The Morgan fingerprint density at radius 3 is 1.78 bits per heavy atom. The van der Waals surface area contributed by atoms with E-state index in [1.807, 2.05) is 51.4 Å². The smallest absolute Gasteiger partial charge is 0.407 e. The molecule has 58 heavy (non-hydrogen) atoms. The van der Waals surface area contributed by atoms with E-state index in [-0.39, 0.29) is 36.2 Å². The maximum atomic E-state index is 13.9. The van der Waals surface area contributed by atoms with Crippen LogP contribution >= 0.6 is 0 Å². The lowest BCUT2D eigenvalue weighted by Gasteiger charge is -2.33. The van der Waals surface area contributed by atoms with Crippen LogP contribution < -0.4 is 5.32 Å². The number of methoxy groups -OCH3 is 1. The molecule has 4 amide bonds. The van der Waals surface area contributed by atoms with Gasteiger partial charge in [-0.3, -0.25) is 14.5 Å². The van der Waals surface area contributed by atoms with Crippen molar-refractivity contribution < 1.29 is 29.0 Å². The molecule has 0 radical (unpaired) electrons. The van der Waals surface area contributed by atoms with Crippen LogP contribution in [0.3, 0.4) is 0 Å². The minimum Gasteiger partial charge on any atom is -0.465 e. The van der Waals surface area contributed by atoms with Crippen molar-refractivity contribution >= 4 is 24.0 Å². The molecule has 2 saturated heterocycles. The summed E-state index contributed by atoms with van der Waals surface area (Å²) in [5.74, 6) is 0.790. The summed E-state index contributed by atoms with van der Waals surface area (Å²) in [7, 11) is 4.57. The van der Waals surface area contributed by atoms with Gasteiger partial charge in [0.15, 0.2) is 0 Å². The van der Waals surface area contributed by atoms with Crippen LogP contribution in [0.1, 0.15) is 69.0 Å². The number of H-pyrrole nitrogens is 2. The number of likely N-dealkylation sites (N-methyl/N-ethyl adjacent to an activating group) is 1. The SMILES string of the molecule is COC(=O)N[C@@H](Cc1cn(C)cn1)C(=O)N1CCC[C@H]1c1ncc(-c2ccc(-c3ccc(-c4cnc([C@@H]5CCCN5C(=O)[C@H](C(C)C)N(C)C(=O)O)[nH]4)cc3)cc2)[nH]1. The van der Waals surface area contributed by atoms with E-state index in [0.29, 0.717) is 30.4 Å². The van der Waals surface area contributed by atoms with Crippen molar-refractivity contribution in [3.05, 3.63) is 90.8 Å². The number of hydrogen-bond donors (Lipinski definition) is 4. The van der Waals surface area contributed by atoms with E-state index < -0.39 is 24.3 Å². The summed E-state index contributed by atoms with van der Waals surface area (Å²) in [4.78, 5) is 76.6. The van der Waals surface area contributed by atoms with Crippen LogP contribution in [-0.2, 0) is 27.8 Å². The molecule has 5 heterocycles. The van der Waals surface area contributed by atoms with Crippen molar-refractivity contribution in [3.63, 3.8) is 0 Å². The quantitative estimate of drug-likeness (QED) is 0.121. The molecular weight excluding hydrogens is 741 g/mol. The number of nitrogens with zero attached hydrogens (tertiary/aromatic N) is 7. The van der Waals surface area contributed by atoms with Gasteiger partial charge in [-0.05, 0) is 53.9 Å². The molecule has 0 spiro atoms. The number of imidazole rings is 3. The first kappa shape index (κ1) is 39.8. The number of carbonyl (C=O) groups is 4. The molecule has 0 unspecified atom stereocenters. The number of benzene rings is 2. The lowest BCUT2D eigenvalue weighted by Crippen LogP contribution is -2.51. The Bertz CT molecular complexity index is 2240. The second-order valence-corrected chi connectivity index (χ2v) is 15.4. The molecule has 304 valence electrons. The van der Waals surface area contributed by atoms with E-state index >= 15 is 0 Å². The van der Waals surface area contributed by atoms with E-state index in [2.05, 4.69) is 54.5 Å². The number of aromatic amines is 2. The Morgan fingerprint density at radius 2 is 1.33 bits per heavy atom. The largest absolute Gasteiger partial charge is 0.465 e. The van der Waals surface area contributed by atoms with Gasteiger partial charge in [0.2, 0.25) is 11.8 Å². The zero-order chi connectivity index (χ0) is 41.1. The number of carbonyl (C=O) groups excluding carboxylic acids is 3. The third-order valence-corrected chi connectivity index (χ3v) is 11.2. The lowest BCUT2D eigenvalue weighted by atomic mass is 10.0. The van der Waals surface area contributed by atoms with Gasteiger partial charge >= 0.3 is 12.2 Å². The van der Waals surface area contributed by atoms with Crippen LogP contribution in [0, 0.1) is 5.92 Å². The van der Waals surface area contributed by atoms with Gasteiger partial charge in [0.25, 0.3) is 0 Å². The molecule has 4 atom stereocenters.